The Morgan fingerprint density at radius 3 is 2.20 bits per heavy atom. The van der Waals surface area contributed by atoms with E-state index in [1.807, 2.05) is 6.42 Å². The summed E-state index contributed by atoms with van der Waals surface area (Å²) in [5.41, 5.74) is 0. The normalized spacial score (nSPS) is 19.1. The van der Waals surface area contributed by atoms with Gasteiger partial charge < -0.3 is 0 Å². The van der Waals surface area contributed by atoms with Crippen LogP contribution in [0.25, 0.3) is 0 Å². The highest BCUT2D eigenvalue weighted by Crippen LogP contribution is 2.24. The van der Waals surface area contributed by atoms with E-state index in [1.54, 1.807) is 0 Å². The molecule has 1 aliphatic rings. The molecule has 0 unspecified atom stereocenters. The summed E-state index contributed by atoms with van der Waals surface area (Å²) in [6.45, 7) is 0. The first-order valence-electron chi connectivity index (χ1n) is 2.99. The number of hydrogen-bond donors (Lipinski definition) is 0. The zero-order chi connectivity index (χ0) is 7.61. The van der Waals surface area contributed by atoms with Gasteiger partial charge in [-0.2, -0.15) is 13.2 Å². The smallest absolute Gasteiger partial charge is 0.159 e. The molecule has 1 fully saturated rings. The first-order chi connectivity index (χ1) is 4.58. The molecule has 0 heterocycles. The molecule has 0 saturated heterocycles. The van der Waals surface area contributed by atoms with Gasteiger partial charge in [0.05, 0.1) is 0 Å². The summed E-state index contributed by atoms with van der Waals surface area (Å²) < 4.78 is 34.2. The highest BCUT2D eigenvalue weighted by Gasteiger charge is 2.24. The number of alkyl halides is 3. The summed E-state index contributed by atoms with van der Waals surface area (Å²) in [6.07, 6.45) is -0.961. The Kier molecular flexibility index (Phi) is 1.89. The van der Waals surface area contributed by atoms with Gasteiger partial charge in [0.15, 0.2) is 0 Å². The summed E-state index contributed by atoms with van der Waals surface area (Å²) in [5, 5.41) is 0. The molecular formula is C7H6F3. The maximum atomic E-state index is 11.4. The van der Waals surface area contributed by atoms with Crippen LogP contribution < -0.4 is 0 Å². The first-order valence-corrected chi connectivity index (χ1v) is 2.99. The molecule has 3 heteroatoms. The van der Waals surface area contributed by atoms with E-state index in [-0.39, 0.29) is 5.92 Å². The molecule has 1 saturated carbocycles. The molecule has 0 amide bonds. The molecule has 0 spiro atoms. The minimum Gasteiger partial charge on any atom is -0.159 e. The lowest BCUT2D eigenvalue weighted by Crippen LogP contribution is -2.11. The molecule has 1 rings (SSSR count). The van der Waals surface area contributed by atoms with Gasteiger partial charge in [-0.3, -0.25) is 0 Å². The molecule has 55 valence electrons. The van der Waals surface area contributed by atoms with Gasteiger partial charge in [-0.15, -0.1) is 0 Å². The van der Waals surface area contributed by atoms with E-state index < -0.39 is 6.18 Å². The van der Waals surface area contributed by atoms with Crippen LogP contribution in [0.5, 0.6) is 0 Å². The van der Waals surface area contributed by atoms with Gasteiger partial charge in [0.2, 0.25) is 0 Å². The van der Waals surface area contributed by atoms with Crippen LogP contribution in [-0.4, -0.2) is 6.18 Å². The van der Waals surface area contributed by atoms with Crippen LogP contribution in [0.15, 0.2) is 0 Å². The van der Waals surface area contributed by atoms with Crippen molar-refractivity contribution in [3.05, 3.63) is 6.42 Å². The van der Waals surface area contributed by atoms with Crippen LogP contribution in [-0.2, 0) is 0 Å². The van der Waals surface area contributed by atoms with E-state index in [1.165, 1.54) is 5.92 Å². The molecule has 0 atom stereocenters. The third kappa shape index (κ3) is 2.30. The predicted molar refractivity (Wildman–Crippen MR) is 30.9 cm³/mol. The van der Waals surface area contributed by atoms with E-state index in [4.69, 9.17) is 0 Å². The Hall–Kier alpha value is -0.650. The van der Waals surface area contributed by atoms with Crippen molar-refractivity contribution in [2.45, 2.75) is 19.0 Å². The van der Waals surface area contributed by atoms with Gasteiger partial charge in [0.25, 0.3) is 0 Å². The molecule has 0 aromatic rings. The monoisotopic (exact) mass is 147 g/mol. The second kappa shape index (κ2) is 2.53. The summed E-state index contributed by atoms with van der Waals surface area (Å²) in [6, 6.07) is 0. The minimum absolute atomic E-state index is 0.0402. The fourth-order valence-electron chi connectivity index (χ4n) is 0.635. The van der Waals surface area contributed by atoms with Gasteiger partial charge in [-0.05, 0) is 19.3 Å². The second-order valence-electron chi connectivity index (χ2n) is 2.22. The highest BCUT2D eigenvalue weighted by molar-refractivity contribution is 5.13. The lowest BCUT2D eigenvalue weighted by atomic mass is 9.86. The fraction of sp³-hybridized carbons (Fsp3) is 0.571. The van der Waals surface area contributed by atoms with Crippen LogP contribution in [0.3, 0.4) is 0 Å². The number of rotatable bonds is 0. The van der Waals surface area contributed by atoms with Crippen molar-refractivity contribution >= 4 is 0 Å². The van der Waals surface area contributed by atoms with Crippen LogP contribution in [0.4, 0.5) is 13.2 Å². The predicted octanol–water partition coefficient (Wildman–Crippen LogP) is 2.17. The maximum Gasteiger partial charge on any atom is 0.457 e. The Morgan fingerprint density at radius 2 is 1.90 bits per heavy atom. The van der Waals surface area contributed by atoms with Crippen LogP contribution in [0.1, 0.15) is 12.8 Å². The van der Waals surface area contributed by atoms with Crippen molar-refractivity contribution in [2.24, 2.45) is 5.92 Å². The van der Waals surface area contributed by atoms with Crippen molar-refractivity contribution in [1.29, 1.82) is 0 Å². The molecule has 1 aliphatic carbocycles. The quantitative estimate of drug-likeness (QED) is 0.460. The van der Waals surface area contributed by atoms with Gasteiger partial charge in [0.1, 0.15) is 0 Å². The summed E-state index contributed by atoms with van der Waals surface area (Å²) >= 11 is 0. The highest BCUT2D eigenvalue weighted by atomic mass is 19.4. The average Bonchev–Trinajstić information content (AvgIpc) is 1.56. The zero-order valence-corrected chi connectivity index (χ0v) is 5.20. The lowest BCUT2D eigenvalue weighted by Gasteiger charge is -2.18. The Bertz CT molecular complexity index is 166. The molecule has 0 aromatic carbocycles. The van der Waals surface area contributed by atoms with Crippen LogP contribution in [0.2, 0.25) is 0 Å². The zero-order valence-electron chi connectivity index (χ0n) is 5.20. The molecular weight excluding hydrogens is 141 g/mol. The molecule has 0 aliphatic heterocycles. The van der Waals surface area contributed by atoms with Crippen molar-refractivity contribution in [3.8, 4) is 11.8 Å². The molecule has 1 radical (unpaired) electrons. The maximum absolute atomic E-state index is 11.4. The van der Waals surface area contributed by atoms with Crippen molar-refractivity contribution in [1.82, 2.24) is 0 Å². The molecule has 0 bridgehead atoms. The van der Waals surface area contributed by atoms with E-state index in [0.717, 1.165) is 0 Å². The summed E-state index contributed by atoms with van der Waals surface area (Å²) in [5.74, 6) is 3.37. The largest absolute Gasteiger partial charge is 0.457 e. The fourth-order valence-corrected chi connectivity index (χ4v) is 0.635. The van der Waals surface area contributed by atoms with Crippen LogP contribution >= 0.6 is 0 Å². The van der Waals surface area contributed by atoms with E-state index in [9.17, 15) is 13.2 Å². The molecule has 10 heavy (non-hydrogen) atoms. The third-order valence-electron chi connectivity index (χ3n) is 1.32. The SMILES string of the molecule is FC(F)(F)C#CC1C[CH]C1. The first kappa shape index (κ1) is 7.46. The van der Waals surface area contributed by atoms with Crippen LogP contribution in [0, 0.1) is 24.2 Å². The van der Waals surface area contributed by atoms with Crippen molar-refractivity contribution < 1.29 is 13.2 Å². The number of hydrogen-bond acceptors (Lipinski definition) is 0. The molecule has 0 N–H and O–H groups in total. The Morgan fingerprint density at radius 1 is 1.30 bits per heavy atom. The topological polar surface area (TPSA) is 0 Å². The Balaban J connectivity index is 2.37. The van der Waals surface area contributed by atoms with Gasteiger partial charge in [-0.1, -0.05) is 5.92 Å². The summed E-state index contributed by atoms with van der Waals surface area (Å²) in [7, 11) is 0. The third-order valence-corrected chi connectivity index (χ3v) is 1.32. The summed E-state index contributed by atoms with van der Waals surface area (Å²) in [4.78, 5) is 0. The van der Waals surface area contributed by atoms with Gasteiger partial charge in [-0.25, -0.2) is 0 Å². The van der Waals surface area contributed by atoms with E-state index in [0.29, 0.717) is 12.8 Å². The van der Waals surface area contributed by atoms with Gasteiger partial charge in [0, 0.05) is 11.8 Å². The lowest BCUT2D eigenvalue weighted by molar-refractivity contribution is -0.0698. The Labute approximate surface area is 57.4 Å². The van der Waals surface area contributed by atoms with Crippen molar-refractivity contribution in [3.63, 3.8) is 0 Å². The molecule has 0 nitrogen and oxygen atoms in total. The standard InChI is InChI=1S/C7H6F3/c8-7(9,10)5-4-6-2-1-3-6/h1,6H,2-3H2. The van der Waals surface area contributed by atoms with Crippen molar-refractivity contribution in [2.75, 3.05) is 0 Å². The minimum atomic E-state index is -4.31. The second-order valence-corrected chi connectivity index (χ2v) is 2.22. The van der Waals surface area contributed by atoms with E-state index >= 15 is 0 Å². The van der Waals surface area contributed by atoms with E-state index in [2.05, 4.69) is 5.92 Å². The molecule has 0 aromatic heterocycles. The number of halogens is 3. The average molecular weight is 147 g/mol. The van der Waals surface area contributed by atoms with Gasteiger partial charge >= 0.3 is 6.18 Å².